The lowest BCUT2D eigenvalue weighted by Crippen LogP contribution is -2.21. The molecule has 0 unspecified atom stereocenters. The van der Waals surface area contributed by atoms with Crippen LogP contribution in [0.15, 0.2) is 24.3 Å². The summed E-state index contributed by atoms with van der Waals surface area (Å²) in [6, 6.07) is 8.48. The van der Waals surface area contributed by atoms with Crippen molar-refractivity contribution in [2.45, 2.75) is 27.2 Å². The van der Waals surface area contributed by atoms with Crippen molar-refractivity contribution in [3.63, 3.8) is 0 Å². The van der Waals surface area contributed by atoms with Crippen molar-refractivity contribution in [3.8, 4) is 17.6 Å². The van der Waals surface area contributed by atoms with E-state index >= 15 is 0 Å². The maximum atomic E-state index is 12.3. The molecule has 0 aliphatic rings. The summed E-state index contributed by atoms with van der Waals surface area (Å²) in [5, 5.41) is 12.1. The molecule has 0 aliphatic heterocycles. The standard InChI is InChI=1S/C20H22N2O5S/c1-4-14-10-15(20(24)26-6-3)19(28-14)22-18(23)12-27-16-8-7-13(11-21)9-17(16)25-5-2/h7-10H,4-6,12H2,1-3H3,(H,22,23). The van der Waals surface area contributed by atoms with Gasteiger partial charge in [-0.3, -0.25) is 4.79 Å². The van der Waals surface area contributed by atoms with Gasteiger partial charge in [-0.1, -0.05) is 6.92 Å². The summed E-state index contributed by atoms with van der Waals surface area (Å²) in [4.78, 5) is 25.4. The van der Waals surface area contributed by atoms with Gasteiger partial charge in [-0.25, -0.2) is 4.79 Å². The molecule has 8 heteroatoms. The number of amides is 1. The monoisotopic (exact) mass is 402 g/mol. The van der Waals surface area contributed by atoms with Crippen LogP contribution in [-0.4, -0.2) is 31.7 Å². The molecule has 28 heavy (non-hydrogen) atoms. The number of anilines is 1. The van der Waals surface area contributed by atoms with E-state index in [9.17, 15) is 9.59 Å². The summed E-state index contributed by atoms with van der Waals surface area (Å²) < 4.78 is 16.0. The molecule has 0 fully saturated rings. The minimum atomic E-state index is -0.472. The van der Waals surface area contributed by atoms with Crippen molar-refractivity contribution < 1.29 is 23.8 Å². The fourth-order valence-electron chi connectivity index (χ4n) is 2.34. The van der Waals surface area contributed by atoms with E-state index in [2.05, 4.69) is 5.32 Å². The normalized spacial score (nSPS) is 10.1. The van der Waals surface area contributed by atoms with E-state index in [1.807, 2.05) is 19.9 Å². The number of esters is 1. The third kappa shape index (κ3) is 5.47. The predicted molar refractivity (Wildman–Crippen MR) is 106 cm³/mol. The van der Waals surface area contributed by atoms with Crippen LogP contribution in [0, 0.1) is 11.3 Å². The zero-order valence-electron chi connectivity index (χ0n) is 16.0. The van der Waals surface area contributed by atoms with E-state index in [0.717, 1.165) is 11.3 Å². The molecule has 0 bridgehead atoms. The predicted octanol–water partition coefficient (Wildman–Crippen LogP) is 3.78. The fraction of sp³-hybridized carbons (Fsp3) is 0.350. The Morgan fingerprint density at radius 1 is 1.11 bits per heavy atom. The Balaban J connectivity index is 2.08. The van der Waals surface area contributed by atoms with Gasteiger partial charge in [0, 0.05) is 10.9 Å². The van der Waals surface area contributed by atoms with Gasteiger partial charge in [0.15, 0.2) is 18.1 Å². The Labute approximate surface area is 167 Å². The van der Waals surface area contributed by atoms with Gasteiger partial charge < -0.3 is 19.5 Å². The number of rotatable bonds is 9. The first-order chi connectivity index (χ1) is 13.5. The van der Waals surface area contributed by atoms with Crippen LogP contribution in [0.5, 0.6) is 11.5 Å². The summed E-state index contributed by atoms with van der Waals surface area (Å²) in [7, 11) is 0. The Bertz CT molecular complexity index is 885. The number of nitrogens with zero attached hydrogens (tertiary/aromatic N) is 1. The molecular formula is C20H22N2O5S. The first-order valence-corrected chi connectivity index (χ1v) is 9.73. The van der Waals surface area contributed by atoms with Crippen LogP contribution >= 0.6 is 11.3 Å². The van der Waals surface area contributed by atoms with E-state index in [-0.39, 0.29) is 13.2 Å². The second kappa shape index (κ2) is 10.3. The largest absolute Gasteiger partial charge is 0.490 e. The molecule has 0 saturated carbocycles. The second-order valence-corrected chi connectivity index (χ2v) is 6.71. The molecule has 7 nitrogen and oxygen atoms in total. The third-order valence-electron chi connectivity index (χ3n) is 3.61. The molecule has 1 aromatic heterocycles. The maximum Gasteiger partial charge on any atom is 0.341 e. The summed E-state index contributed by atoms with van der Waals surface area (Å²) >= 11 is 1.33. The number of nitriles is 1. The lowest BCUT2D eigenvalue weighted by atomic mass is 10.2. The highest BCUT2D eigenvalue weighted by atomic mass is 32.1. The van der Waals surface area contributed by atoms with E-state index in [4.69, 9.17) is 19.5 Å². The molecule has 1 aromatic carbocycles. The van der Waals surface area contributed by atoms with Gasteiger partial charge in [0.1, 0.15) is 5.00 Å². The van der Waals surface area contributed by atoms with Gasteiger partial charge in [-0.15, -0.1) is 11.3 Å². The van der Waals surface area contributed by atoms with Crippen LogP contribution in [0.1, 0.15) is 41.6 Å². The molecule has 0 spiro atoms. The van der Waals surface area contributed by atoms with Crippen LogP contribution in [0.25, 0.3) is 0 Å². The number of aryl methyl sites for hydroxylation is 1. The summed E-state index contributed by atoms with van der Waals surface area (Å²) in [6.07, 6.45) is 0.742. The van der Waals surface area contributed by atoms with Gasteiger partial charge in [0.05, 0.1) is 30.4 Å². The summed E-state index contributed by atoms with van der Waals surface area (Å²) in [5.74, 6) is -0.129. The summed E-state index contributed by atoms with van der Waals surface area (Å²) in [5.41, 5.74) is 0.774. The molecule has 0 aliphatic carbocycles. The number of ether oxygens (including phenoxy) is 3. The van der Waals surface area contributed by atoms with Crippen molar-refractivity contribution in [3.05, 3.63) is 40.3 Å². The molecule has 2 rings (SSSR count). The van der Waals surface area contributed by atoms with Crippen molar-refractivity contribution in [2.24, 2.45) is 0 Å². The zero-order chi connectivity index (χ0) is 20.5. The fourth-order valence-corrected chi connectivity index (χ4v) is 3.34. The number of carbonyl (C=O) groups is 2. The molecule has 1 N–H and O–H groups in total. The highest BCUT2D eigenvalue weighted by molar-refractivity contribution is 7.16. The van der Waals surface area contributed by atoms with E-state index in [0.29, 0.717) is 34.2 Å². The lowest BCUT2D eigenvalue weighted by molar-refractivity contribution is -0.118. The molecule has 148 valence electrons. The SMILES string of the molecule is CCOC(=O)c1cc(CC)sc1NC(=O)COc1ccc(C#N)cc1OCC. The van der Waals surface area contributed by atoms with Crippen LogP contribution in [0.2, 0.25) is 0 Å². The lowest BCUT2D eigenvalue weighted by Gasteiger charge is -2.12. The number of benzene rings is 1. The average Bonchev–Trinajstić information content (AvgIpc) is 3.10. The molecule has 0 radical (unpaired) electrons. The van der Waals surface area contributed by atoms with Crippen LogP contribution in [0.4, 0.5) is 5.00 Å². The van der Waals surface area contributed by atoms with Gasteiger partial charge in [-0.2, -0.15) is 5.26 Å². The summed E-state index contributed by atoms with van der Waals surface area (Å²) in [6.45, 7) is 5.89. The van der Waals surface area contributed by atoms with Crippen LogP contribution < -0.4 is 14.8 Å². The zero-order valence-corrected chi connectivity index (χ0v) is 16.9. The van der Waals surface area contributed by atoms with Crippen molar-refractivity contribution >= 4 is 28.2 Å². The van der Waals surface area contributed by atoms with Gasteiger partial charge in [0.2, 0.25) is 0 Å². The Kier molecular flexibility index (Phi) is 7.84. The Hall–Kier alpha value is -3.05. The first-order valence-electron chi connectivity index (χ1n) is 8.91. The van der Waals surface area contributed by atoms with Gasteiger partial charge in [-0.05, 0) is 38.5 Å². The van der Waals surface area contributed by atoms with Crippen LogP contribution in [-0.2, 0) is 16.0 Å². The molecule has 1 heterocycles. The topological polar surface area (TPSA) is 97.6 Å². The van der Waals surface area contributed by atoms with Crippen molar-refractivity contribution in [1.82, 2.24) is 0 Å². The average molecular weight is 402 g/mol. The second-order valence-electron chi connectivity index (χ2n) is 5.57. The minimum absolute atomic E-state index is 0.255. The highest BCUT2D eigenvalue weighted by Crippen LogP contribution is 2.30. The molecule has 0 atom stereocenters. The Morgan fingerprint density at radius 2 is 1.89 bits per heavy atom. The number of hydrogen-bond donors (Lipinski definition) is 1. The molecule has 0 saturated heterocycles. The smallest absolute Gasteiger partial charge is 0.341 e. The van der Waals surface area contributed by atoms with Crippen LogP contribution in [0.3, 0.4) is 0 Å². The minimum Gasteiger partial charge on any atom is -0.490 e. The van der Waals surface area contributed by atoms with E-state index in [1.54, 1.807) is 31.2 Å². The number of carbonyl (C=O) groups excluding carboxylic acids is 2. The molecule has 2 aromatic rings. The Morgan fingerprint density at radius 3 is 2.54 bits per heavy atom. The maximum absolute atomic E-state index is 12.3. The molecular weight excluding hydrogens is 380 g/mol. The van der Waals surface area contributed by atoms with Crippen molar-refractivity contribution in [1.29, 1.82) is 5.26 Å². The number of hydrogen-bond acceptors (Lipinski definition) is 7. The van der Waals surface area contributed by atoms with Crippen molar-refractivity contribution in [2.75, 3.05) is 25.1 Å². The highest BCUT2D eigenvalue weighted by Gasteiger charge is 2.19. The number of nitrogens with one attached hydrogen (secondary N) is 1. The van der Waals surface area contributed by atoms with E-state index < -0.39 is 11.9 Å². The van der Waals surface area contributed by atoms with Gasteiger partial charge >= 0.3 is 5.97 Å². The molecule has 1 amide bonds. The van der Waals surface area contributed by atoms with E-state index in [1.165, 1.54) is 11.3 Å². The van der Waals surface area contributed by atoms with Gasteiger partial charge in [0.25, 0.3) is 5.91 Å². The third-order valence-corrected chi connectivity index (χ3v) is 4.81. The first kappa shape index (κ1) is 21.3. The number of thiophene rings is 1. The quantitative estimate of drug-likeness (QED) is 0.641.